The molecule has 0 aromatic heterocycles. The molecular formula is C11H20O. The van der Waals surface area contributed by atoms with E-state index in [0.717, 1.165) is 6.42 Å². The summed E-state index contributed by atoms with van der Waals surface area (Å²) in [4.78, 5) is 0. The number of allylic oxidation sites excluding steroid dienone is 2. The molecule has 0 bridgehead atoms. The number of ether oxygens (including phenoxy) is 1. The Hall–Kier alpha value is -0.300. The van der Waals surface area contributed by atoms with Gasteiger partial charge in [0.2, 0.25) is 0 Å². The molecule has 0 aliphatic carbocycles. The lowest BCUT2D eigenvalue weighted by Gasteiger charge is -2.08. The maximum absolute atomic E-state index is 5.71. The van der Waals surface area contributed by atoms with Crippen molar-refractivity contribution >= 4 is 0 Å². The SMILES string of the molecule is CCC=CCCC1CCC(C)O1. The van der Waals surface area contributed by atoms with Gasteiger partial charge in [0.15, 0.2) is 0 Å². The number of hydrogen-bond acceptors (Lipinski definition) is 1. The Balaban J connectivity index is 2.04. The molecule has 1 aliphatic heterocycles. The summed E-state index contributed by atoms with van der Waals surface area (Å²) in [6, 6.07) is 0. The molecule has 1 heterocycles. The highest BCUT2D eigenvalue weighted by molar-refractivity contribution is 4.82. The summed E-state index contributed by atoms with van der Waals surface area (Å²) in [5.74, 6) is 0. The minimum absolute atomic E-state index is 0.505. The molecule has 12 heavy (non-hydrogen) atoms. The van der Waals surface area contributed by atoms with E-state index in [0.29, 0.717) is 12.2 Å². The van der Waals surface area contributed by atoms with E-state index in [4.69, 9.17) is 4.74 Å². The van der Waals surface area contributed by atoms with E-state index in [9.17, 15) is 0 Å². The Kier molecular flexibility index (Phi) is 4.37. The number of hydrogen-bond donors (Lipinski definition) is 0. The quantitative estimate of drug-likeness (QED) is 0.585. The fourth-order valence-electron chi connectivity index (χ4n) is 1.66. The smallest absolute Gasteiger partial charge is 0.0582 e. The van der Waals surface area contributed by atoms with Gasteiger partial charge < -0.3 is 4.74 Å². The van der Waals surface area contributed by atoms with E-state index in [1.807, 2.05) is 0 Å². The van der Waals surface area contributed by atoms with Crippen LogP contribution in [0.1, 0.15) is 46.0 Å². The molecule has 0 spiro atoms. The van der Waals surface area contributed by atoms with Crippen LogP contribution in [0.3, 0.4) is 0 Å². The zero-order valence-electron chi connectivity index (χ0n) is 8.25. The zero-order valence-corrected chi connectivity index (χ0v) is 8.25. The van der Waals surface area contributed by atoms with Crippen molar-refractivity contribution in [2.75, 3.05) is 0 Å². The molecule has 1 fully saturated rings. The fraction of sp³-hybridized carbons (Fsp3) is 0.818. The topological polar surface area (TPSA) is 9.23 Å². The van der Waals surface area contributed by atoms with Gasteiger partial charge in [-0.3, -0.25) is 0 Å². The number of rotatable bonds is 4. The monoisotopic (exact) mass is 168 g/mol. The van der Waals surface area contributed by atoms with Gasteiger partial charge in [0.1, 0.15) is 0 Å². The molecule has 0 N–H and O–H groups in total. The summed E-state index contributed by atoms with van der Waals surface area (Å²) in [5.41, 5.74) is 0. The second kappa shape index (κ2) is 5.36. The molecule has 0 aromatic rings. The van der Waals surface area contributed by atoms with Crippen molar-refractivity contribution in [3.05, 3.63) is 12.2 Å². The Morgan fingerprint density at radius 1 is 1.33 bits per heavy atom. The summed E-state index contributed by atoms with van der Waals surface area (Å²) < 4.78 is 5.71. The maximum atomic E-state index is 5.71. The molecule has 0 amide bonds. The standard InChI is InChI=1S/C11H20O/c1-3-4-5-6-7-11-9-8-10(2)12-11/h4-5,10-11H,3,6-9H2,1-2H3. The van der Waals surface area contributed by atoms with Crippen LogP contribution in [0.5, 0.6) is 0 Å². The summed E-state index contributed by atoms with van der Waals surface area (Å²) in [7, 11) is 0. The molecule has 1 nitrogen and oxygen atoms in total. The molecule has 70 valence electrons. The Morgan fingerprint density at radius 2 is 2.17 bits per heavy atom. The highest BCUT2D eigenvalue weighted by atomic mass is 16.5. The maximum Gasteiger partial charge on any atom is 0.0582 e. The first-order valence-electron chi connectivity index (χ1n) is 5.13. The van der Waals surface area contributed by atoms with Crippen molar-refractivity contribution in [1.82, 2.24) is 0 Å². The average molecular weight is 168 g/mol. The van der Waals surface area contributed by atoms with Crippen molar-refractivity contribution in [2.45, 2.75) is 58.2 Å². The van der Waals surface area contributed by atoms with Gasteiger partial charge in [0, 0.05) is 0 Å². The Labute approximate surface area is 75.8 Å². The Morgan fingerprint density at radius 3 is 2.75 bits per heavy atom. The predicted molar refractivity (Wildman–Crippen MR) is 52.2 cm³/mol. The van der Waals surface area contributed by atoms with E-state index in [2.05, 4.69) is 26.0 Å². The summed E-state index contributed by atoms with van der Waals surface area (Å²) in [5, 5.41) is 0. The van der Waals surface area contributed by atoms with Crippen LogP contribution in [-0.2, 0) is 4.74 Å². The van der Waals surface area contributed by atoms with Crippen molar-refractivity contribution in [3.63, 3.8) is 0 Å². The van der Waals surface area contributed by atoms with Crippen molar-refractivity contribution in [3.8, 4) is 0 Å². The van der Waals surface area contributed by atoms with Crippen LogP contribution >= 0.6 is 0 Å². The van der Waals surface area contributed by atoms with E-state index in [1.165, 1.54) is 25.7 Å². The molecular weight excluding hydrogens is 148 g/mol. The second-order valence-corrected chi connectivity index (χ2v) is 3.60. The molecule has 1 saturated heterocycles. The van der Waals surface area contributed by atoms with Crippen LogP contribution in [0.25, 0.3) is 0 Å². The van der Waals surface area contributed by atoms with Crippen LogP contribution in [0.4, 0.5) is 0 Å². The predicted octanol–water partition coefficient (Wildman–Crippen LogP) is 3.30. The minimum Gasteiger partial charge on any atom is -0.375 e. The molecule has 2 unspecified atom stereocenters. The third kappa shape index (κ3) is 3.40. The van der Waals surface area contributed by atoms with Gasteiger partial charge in [-0.05, 0) is 39.0 Å². The van der Waals surface area contributed by atoms with Gasteiger partial charge in [-0.25, -0.2) is 0 Å². The molecule has 2 atom stereocenters. The van der Waals surface area contributed by atoms with E-state index < -0.39 is 0 Å². The summed E-state index contributed by atoms with van der Waals surface area (Å²) in [6.07, 6.45) is 11.6. The molecule has 0 saturated carbocycles. The fourth-order valence-corrected chi connectivity index (χ4v) is 1.66. The van der Waals surface area contributed by atoms with Crippen LogP contribution < -0.4 is 0 Å². The van der Waals surface area contributed by atoms with E-state index in [1.54, 1.807) is 0 Å². The van der Waals surface area contributed by atoms with Crippen LogP contribution in [0.15, 0.2) is 12.2 Å². The van der Waals surface area contributed by atoms with Crippen molar-refractivity contribution < 1.29 is 4.74 Å². The molecule has 1 rings (SSSR count). The van der Waals surface area contributed by atoms with Gasteiger partial charge in [-0.2, -0.15) is 0 Å². The minimum atomic E-state index is 0.505. The zero-order chi connectivity index (χ0) is 8.81. The largest absolute Gasteiger partial charge is 0.375 e. The van der Waals surface area contributed by atoms with Crippen molar-refractivity contribution in [1.29, 1.82) is 0 Å². The van der Waals surface area contributed by atoms with Crippen LogP contribution in [0.2, 0.25) is 0 Å². The van der Waals surface area contributed by atoms with Gasteiger partial charge in [0.25, 0.3) is 0 Å². The first kappa shape index (κ1) is 9.79. The first-order valence-corrected chi connectivity index (χ1v) is 5.13. The van der Waals surface area contributed by atoms with Crippen LogP contribution in [0, 0.1) is 0 Å². The summed E-state index contributed by atoms with van der Waals surface area (Å²) >= 11 is 0. The van der Waals surface area contributed by atoms with Gasteiger partial charge in [0.05, 0.1) is 12.2 Å². The summed E-state index contributed by atoms with van der Waals surface area (Å²) in [6.45, 7) is 4.34. The van der Waals surface area contributed by atoms with E-state index >= 15 is 0 Å². The highest BCUT2D eigenvalue weighted by Crippen LogP contribution is 2.22. The lowest BCUT2D eigenvalue weighted by molar-refractivity contribution is 0.0516. The highest BCUT2D eigenvalue weighted by Gasteiger charge is 2.20. The van der Waals surface area contributed by atoms with Crippen LogP contribution in [-0.4, -0.2) is 12.2 Å². The normalized spacial score (nSPS) is 30.2. The third-order valence-electron chi connectivity index (χ3n) is 2.38. The van der Waals surface area contributed by atoms with Gasteiger partial charge in [-0.1, -0.05) is 19.1 Å². The lowest BCUT2D eigenvalue weighted by atomic mass is 10.1. The average Bonchev–Trinajstić information content (AvgIpc) is 2.45. The molecule has 0 aromatic carbocycles. The first-order chi connectivity index (χ1) is 5.83. The molecule has 0 radical (unpaired) electrons. The van der Waals surface area contributed by atoms with Gasteiger partial charge >= 0.3 is 0 Å². The van der Waals surface area contributed by atoms with Gasteiger partial charge in [-0.15, -0.1) is 0 Å². The van der Waals surface area contributed by atoms with Crippen molar-refractivity contribution in [2.24, 2.45) is 0 Å². The lowest BCUT2D eigenvalue weighted by Crippen LogP contribution is -2.07. The Bertz CT molecular complexity index is 140. The molecule has 1 aliphatic rings. The third-order valence-corrected chi connectivity index (χ3v) is 2.38. The van der Waals surface area contributed by atoms with E-state index in [-0.39, 0.29) is 0 Å². The molecule has 1 heteroatoms. The second-order valence-electron chi connectivity index (χ2n) is 3.60.